The molecule has 2 N–H and O–H groups in total. The van der Waals surface area contributed by atoms with E-state index in [1.54, 1.807) is 0 Å². The molecule has 2 aromatic heterocycles. The van der Waals surface area contributed by atoms with E-state index in [4.69, 9.17) is 4.42 Å². The lowest BCUT2D eigenvalue weighted by Gasteiger charge is -2.08. The third-order valence-electron chi connectivity index (χ3n) is 5.25. The maximum absolute atomic E-state index is 6.03. The first-order valence-corrected chi connectivity index (χ1v) is 10.2. The van der Waals surface area contributed by atoms with Crippen molar-refractivity contribution in [2.45, 2.75) is 0 Å². The lowest BCUT2D eigenvalue weighted by Crippen LogP contribution is -1.99. The molecule has 0 aliphatic rings. The molecule has 0 aliphatic carbocycles. The molecule has 140 valence electrons. The molecule has 0 spiro atoms. The van der Waals surface area contributed by atoms with Gasteiger partial charge >= 0.3 is 0 Å². The minimum Gasteiger partial charge on any atom is -0.456 e. The van der Waals surface area contributed by atoms with E-state index in [1.807, 2.05) is 42.5 Å². The molecule has 6 rings (SSSR count). The van der Waals surface area contributed by atoms with E-state index in [1.165, 1.54) is 0 Å². The number of nitrogens with zero attached hydrogens (tertiary/aromatic N) is 1. The Morgan fingerprint density at radius 1 is 0.690 bits per heavy atom. The zero-order valence-corrected chi connectivity index (χ0v) is 16.9. The van der Waals surface area contributed by atoms with Crippen LogP contribution in [0.3, 0.4) is 0 Å². The zero-order chi connectivity index (χ0) is 19.4. The van der Waals surface area contributed by atoms with Gasteiger partial charge < -0.3 is 9.40 Å². The molecule has 0 bridgehead atoms. The number of halogens is 1. The predicted molar refractivity (Wildman–Crippen MR) is 122 cm³/mol. The van der Waals surface area contributed by atoms with Gasteiger partial charge in [0.05, 0.1) is 27.8 Å². The Morgan fingerprint density at radius 2 is 1.38 bits per heavy atom. The Bertz CT molecular complexity index is 1580. The van der Waals surface area contributed by atoms with Crippen LogP contribution < -0.4 is 0 Å². The van der Waals surface area contributed by atoms with Crippen LogP contribution in [0.5, 0.6) is 0 Å². The quantitative estimate of drug-likeness (QED) is 0.277. The highest BCUT2D eigenvalue weighted by molar-refractivity contribution is 9.10. The van der Waals surface area contributed by atoms with E-state index in [0.717, 1.165) is 54.2 Å². The maximum atomic E-state index is 6.03. The second-order valence-electron chi connectivity index (χ2n) is 7.06. The zero-order valence-electron chi connectivity index (χ0n) is 15.3. The number of aromatic nitrogens is 3. The molecule has 0 saturated carbocycles. The van der Waals surface area contributed by atoms with Crippen molar-refractivity contribution in [3.8, 4) is 5.69 Å². The molecule has 0 amide bonds. The lowest BCUT2D eigenvalue weighted by atomic mass is 10.1. The van der Waals surface area contributed by atoms with Crippen molar-refractivity contribution in [3.63, 3.8) is 0 Å². The SMILES string of the molecule is Brc1ccc2oc3ccc(-n4[nH]c5ccccc5[nH]c5ccccc54)cc3c2c1. The Morgan fingerprint density at radius 3 is 2.24 bits per heavy atom. The highest BCUT2D eigenvalue weighted by atomic mass is 79.9. The minimum atomic E-state index is 0.878. The van der Waals surface area contributed by atoms with Crippen LogP contribution >= 0.6 is 15.9 Å². The van der Waals surface area contributed by atoms with Crippen molar-refractivity contribution in [2.24, 2.45) is 0 Å². The Labute approximate surface area is 174 Å². The minimum absolute atomic E-state index is 0.878. The Hall–Kier alpha value is -3.44. The number of aromatic amines is 2. The van der Waals surface area contributed by atoms with Gasteiger partial charge in [-0.15, -0.1) is 0 Å². The average Bonchev–Trinajstić information content (AvgIpc) is 3.01. The summed E-state index contributed by atoms with van der Waals surface area (Å²) in [6.07, 6.45) is 0. The first-order chi connectivity index (χ1) is 14.3. The average molecular weight is 442 g/mol. The molecule has 4 aromatic carbocycles. The van der Waals surface area contributed by atoms with E-state index < -0.39 is 0 Å². The van der Waals surface area contributed by atoms with E-state index in [0.29, 0.717) is 0 Å². The summed E-state index contributed by atoms with van der Waals surface area (Å²) in [7, 11) is 0. The molecule has 2 heterocycles. The number of benzene rings is 4. The summed E-state index contributed by atoms with van der Waals surface area (Å²) in [5, 5.41) is 5.76. The molecule has 29 heavy (non-hydrogen) atoms. The molecule has 0 radical (unpaired) electrons. The molecule has 0 aliphatic heterocycles. The molecule has 0 saturated heterocycles. The van der Waals surface area contributed by atoms with Gasteiger partial charge in [0.15, 0.2) is 0 Å². The van der Waals surface area contributed by atoms with Crippen LogP contribution in [0, 0.1) is 0 Å². The van der Waals surface area contributed by atoms with Crippen LogP contribution in [0.4, 0.5) is 0 Å². The first-order valence-electron chi connectivity index (χ1n) is 9.40. The molecule has 5 heteroatoms. The fraction of sp³-hybridized carbons (Fsp3) is 0. The summed E-state index contributed by atoms with van der Waals surface area (Å²) in [5.74, 6) is 0. The number of fused-ring (bicyclic) bond motifs is 5. The van der Waals surface area contributed by atoms with Gasteiger partial charge in [0.2, 0.25) is 0 Å². The van der Waals surface area contributed by atoms with Crippen LogP contribution in [0.2, 0.25) is 0 Å². The summed E-state index contributed by atoms with van der Waals surface area (Å²) < 4.78 is 9.18. The number of rotatable bonds is 1. The molecular weight excluding hydrogens is 426 g/mol. The summed E-state index contributed by atoms with van der Waals surface area (Å²) in [6, 6.07) is 28.9. The summed E-state index contributed by atoms with van der Waals surface area (Å²) >= 11 is 3.57. The van der Waals surface area contributed by atoms with Crippen molar-refractivity contribution in [1.82, 2.24) is 14.8 Å². The van der Waals surface area contributed by atoms with Crippen molar-refractivity contribution in [2.75, 3.05) is 0 Å². The topological polar surface area (TPSA) is 49.6 Å². The largest absolute Gasteiger partial charge is 0.456 e. The van der Waals surface area contributed by atoms with Crippen LogP contribution in [0.15, 0.2) is 93.8 Å². The molecule has 4 nitrogen and oxygen atoms in total. The van der Waals surface area contributed by atoms with Crippen LogP contribution in [0.1, 0.15) is 0 Å². The molecule has 0 fully saturated rings. The monoisotopic (exact) mass is 441 g/mol. The summed E-state index contributed by atoms with van der Waals surface area (Å²) in [5.41, 5.74) is 6.96. The first kappa shape index (κ1) is 16.5. The molecular formula is C24H16BrN3O. The number of H-pyrrole nitrogens is 2. The summed E-state index contributed by atoms with van der Waals surface area (Å²) in [6.45, 7) is 0. The van der Waals surface area contributed by atoms with Gasteiger partial charge in [-0.1, -0.05) is 40.2 Å². The third-order valence-corrected chi connectivity index (χ3v) is 5.74. The van der Waals surface area contributed by atoms with Crippen LogP contribution in [-0.4, -0.2) is 14.8 Å². The highest BCUT2D eigenvalue weighted by Crippen LogP contribution is 2.32. The molecule has 0 unspecified atom stereocenters. The maximum Gasteiger partial charge on any atom is 0.135 e. The predicted octanol–water partition coefficient (Wildman–Crippen LogP) is 7.23. The number of nitrogens with one attached hydrogen (secondary N) is 2. The van der Waals surface area contributed by atoms with Gasteiger partial charge in [0.25, 0.3) is 0 Å². The van der Waals surface area contributed by atoms with E-state index in [-0.39, 0.29) is 0 Å². The van der Waals surface area contributed by atoms with Crippen molar-refractivity contribution >= 4 is 59.9 Å². The van der Waals surface area contributed by atoms with Gasteiger partial charge in [0.1, 0.15) is 11.2 Å². The van der Waals surface area contributed by atoms with Crippen LogP contribution in [-0.2, 0) is 0 Å². The lowest BCUT2D eigenvalue weighted by molar-refractivity contribution is 0.668. The fourth-order valence-corrected chi connectivity index (χ4v) is 4.23. The van der Waals surface area contributed by atoms with Crippen LogP contribution in [0.25, 0.3) is 49.7 Å². The Balaban J connectivity index is 1.73. The third kappa shape index (κ3) is 2.66. The second kappa shape index (κ2) is 6.29. The normalized spacial score (nSPS) is 11.6. The molecule has 0 atom stereocenters. The van der Waals surface area contributed by atoms with Gasteiger partial charge in [-0.25, -0.2) is 0 Å². The van der Waals surface area contributed by atoms with Gasteiger partial charge in [-0.3, -0.25) is 9.78 Å². The fourth-order valence-electron chi connectivity index (χ4n) is 3.87. The Kier molecular flexibility index (Phi) is 3.58. The molecule has 6 aromatic rings. The van der Waals surface area contributed by atoms with E-state index in [2.05, 4.69) is 73.2 Å². The van der Waals surface area contributed by atoms with Gasteiger partial charge in [-0.2, -0.15) is 0 Å². The van der Waals surface area contributed by atoms with Crippen molar-refractivity contribution in [3.05, 3.63) is 89.4 Å². The van der Waals surface area contributed by atoms with Gasteiger partial charge in [-0.05, 0) is 60.7 Å². The smallest absolute Gasteiger partial charge is 0.135 e. The van der Waals surface area contributed by atoms with Crippen molar-refractivity contribution < 1.29 is 4.42 Å². The number of furan rings is 1. The highest BCUT2D eigenvalue weighted by Gasteiger charge is 2.10. The van der Waals surface area contributed by atoms with E-state index in [9.17, 15) is 0 Å². The van der Waals surface area contributed by atoms with E-state index >= 15 is 0 Å². The number of hydrogen-bond acceptors (Lipinski definition) is 1. The number of hydrogen-bond donors (Lipinski definition) is 2. The second-order valence-corrected chi connectivity index (χ2v) is 7.97. The van der Waals surface area contributed by atoms with Crippen molar-refractivity contribution in [1.29, 1.82) is 0 Å². The van der Waals surface area contributed by atoms with Gasteiger partial charge in [0, 0.05) is 15.2 Å². The standard InChI is InChI=1S/C24H16BrN3O/c25-15-9-11-23-17(13-15)18-14-16(10-12-24(18)29-23)28-22-8-4-3-7-21(22)26-19-5-1-2-6-20(19)27-28/h1-14,26-27H. The number of para-hydroxylation sites is 4. The summed E-state index contributed by atoms with van der Waals surface area (Å²) in [4.78, 5) is 3.54.